The first kappa shape index (κ1) is 15.2. The second-order valence-corrected chi connectivity index (χ2v) is 6.42. The number of sulfonamides is 1. The molecular weight excluding hydrogens is 290 g/mol. The Bertz CT molecular complexity index is 804. The Balaban J connectivity index is 2.35. The van der Waals surface area contributed by atoms with Crippen molar-refractivity contribution in [3.63, 3.8) is 0 Å². The normalized spacial score (nSPS) is 12.9. The quantitative estimate of drug-likeness (QED) is 0.909. The number of hydrogen-bond acceptors (Lipinski definition) is 5. The average molecular weight is 305 g/mol. The molecule has 1 aromatic carbocycles. The highest BCUT2D eigenvalue weighted by molar-refractivity contribution is 7.89. The SMILES string of the molecule is Cc1ccc(C#N)cc1S(=O)(=O)NC(C)c1nncn1C. The van der Waals surface area contributed by atoms with Crippen molar-refractivity contribution in [3.05, 3.63) is 41.5 Å². The van der Waals surface area contributed by atoms with Crippen LogP contribution in [-0.4, -0.2) is 23.2 Å². The van der Waals surface area contributed by atoms with Gasteiger partial charge in [-0.3, -0.25) is 0 Å². The van der Waals surface area contributed by atoms with Crippen LogP contribution in [0.2, 0.25) is 0 Å². The highest BCUT2D eigenvalue weighted by Gasteiger charge is 2.23. The lowest BCUT2D eigenvalue weighted by atomic mass is 10.2. The Hall–Kier alpha value is -2.24. The van der Waals surface area contributed by atoms with Gasteiger partial charge in [0.25, 0.3) is 0 Å². The zero-order chi connectivity index (χ0) is 15.6. The van der Waals surface area contributed by atoms with E-state index in [1.165, 1.54) is 12.4 Å². The summed E-state index contributed by atoms with van der Waals surface area (Å²) in [6.07, 6.45) is 1.50. The summed E-state index contributed by atoms with van der Waals surface area (Å²) in [6, 6.07) is 5.96. The van der Waals surface area contributed by atoms with E-state index in [1.807, 2.05) is 6.07 Å². The third-order valence-electron chi connectivity index (χ3n) is 3.07. The van der Waals surface area contributed by atoms with Gasteiger partial charge in [-0.15, -0.1) is 10.2 Å². The zero-order valence-corrected chi connectivity index (χ0v) is 12.7. The first-order chi connectivity index (χ1) is 9.85. The maximum atomic E-state index is 12.5. The van der Waals surface area contributed by atoms with Gasteiger partial charge in [-0.25, -0.2) is 13.1 Å². The summed E-state index contributed by atoms with van der Waals surface area (Å²) in [5, 5.41) is 16.5. The Kier molecular flexibility index (Phi) is 4.06. The number of rotatable bonds is 4. The third kappa shape index (κ3) is 3.09. The number of nitrogens with zero attached hydrogens (tertiary/aromatic N) is 4. The molecule has 110 valence electrons. The highest BCUT2D eigenvalue weighted by atomic mass is 32.2. The van der Waals surface area contributed by atoms with Crippen molar-refractivity contribution < 1.29 is 8.42 Å². The number of nitriles is 1. The predicted molar refractivity (Wildman–Crippen MR) is 75.6 cm³/mol. The third-order valence-corrected chi connectivity index (χ3v) is 4.76. The monoisotopic (exact) mass is 305 g/mol. The first-order valence-electron chi connectivity index (χ1n) is 6.22. The number of hydrogen-bond donors (Lipinski definition) is 1. The van der Waals surface area contributed by atoms with E-state index in [0.717, 1.165) is 0 Å². The maximum Gasteiger partial charge on any atom is 0.241 e. The lowest BCUT2D eigenvalue weighted by Gasteiger charge is -2.14. The second-order valence-electron chi connectivity index (χ2n) is 4.74. The molecule has 1 aromatic heterocycles. The molecule has 1 atom stereocenters. The standard InChI is InChI=1S/C13H15N5O2S/c1-9-4-5-11(7-14)6-12(9)21(19,20)17-10(2)13-16-15-8-18(13)3/h4-6,8,10,17H,1-3H3. The van der Waals surface area contributed by atoms with Crippen molar-refractivity contribution >= 4 is 10.0 Å². The van der Waals surface area contributed by atoms with E-state index in [0.29, 0.717) is 17.0 Å². The fourth-order valence-electron chi connectivity index (χ4n) is 1.99. The van der Waals surface area contributed by atoms with Crippen LogP contribution in [0.25, 0.3) is 0 Å². The van der Waals surface area contributed by atoms with Crippen molar-refractivity contribution in [1.29, 1.82) is 5.26 Å². The van der Waals surface area contributed by atoms with Gasteiger partial charge in [-0.2, -0.15) is 5.26 Å². The van der Waals surface area contributed by atoms with Gasteiger partial charge in [0.05, 0.1) is 22.6 Å². The minimum Gasteiger partial charge on any atom is -0.319 e. The van der Waals surface area contributed by atoms with Crippen molar-refractivity contribution in [2.45, 2.75) is 24.8 Å². The molecule has 2 aromatic rings. The molecule has 0 saturated heterocycles. The Morgan fingerprint density at radius 2 is 2.14 bits per heavy atom. The summed E-state index contributed by atoms with van der Waals surface area (Å²) in [5.74, 6) is 0.507. The van der Waals surface area contributed by atoms with E-state index in [4.69, 9.17) is 5.26 Å². The largest absolute Gasteiger partial charge is 0.319 e. The van der Waals surface area contributed by atoms with E-state index < -0.39 is 16.1 Å². The first-order valence-corrected chi connectivity index (χ1v) is 7.70. The minimum absolute atomic E-state index is 0.0931. The molecular formula is C13H15N5O2S. The molecule has 0 amide bonds. The van der Waals surface area contributed by atoms with Crippen LogP contribution in [0.5, 0.6) is 0 Å². The molecule has 0 aliphatic heterocycles. The molecule has 2 rings (SSSR count). The number of aryl methyl sites for hydroxylation is 2. The topological polar surface area (TPSA) is 101 Å². The van der Waals surface area contributed by atoms with Crippen molar-refractivity contribution in [2.75, 3.05) is 0 Å². The smallest absolute Gasteiger partial charge is 0.241 e. The van der Waals surface area contributed by atoms with Gasteiger partial charge in [0.1, 0.15) is 12.2 Å². The van der Waals surface area contributed by atoms with Gasteiger partial charge in [0, 0.05) is 7.05 Å². The Morgan fingerprint density at radius 1 is 1.43 bits per heavy atom. The summed E-state index contributed by atoms with van der Waals surface area (Å²) in [5.41, 5.74) is 0.874. The summed E-state index contributed by atoms with van der Waals surface area (Å²) >= 11 is 0. The molecule has 0 saturated carbocycles. The van der Waals surface area contributed by atoms with Gasteiger partial charge < -0.3 is 4.57 Å². The van der Waals surface area contributed by atoms with Gasteiger partial charge in [-0.1, -0.05) is 6.07 Å². The van der Waals surface area contributed by atoms with E-state index >= 15 is 0 Å². The lowest BCUT2D eigenvalue weighted by molar-refractivity contribution is 0.552. The summed E-state index contributed by atoms with van der Waals surface area (Å²) in [4.78, 5) is 0.0931. The molecule has 0 bridgehead atoms. The van der Waals surface area contributed by atoms with Gasteiger partial charge >= 0.3 is 0 Å². The molecule has 0 spiro atoms. The van der Waals surface area contributed by atoms with Gasteiger partial charge in [0.2, 0.25) is 10.0 Å². The molecule has 21 heavy (non-hydrogen) atoms. The summed E-state index contributed by atoms with van der Waals surface area (Å²) in [7, 11) is -2.01. The lowest BCUT2D eigenvalue weighted by Crippen LogP contribution is -2.29. The highest BCUT2D eigenvalue weighted by Crippen LogP contribution is 2.19. The molecule has 1 heterocycles. The zero-order valence-electron chi connectivity index (χ0n) is 11.9. The number of nitrogens with one attached hydrogen (secondary N) is 1. The van der Waals surface area contributed by atoms with E-state index in [1.54, 1.807) is 37.6 Å². The Labute approximate surface area is 123 Å². The van der Waals surface area contributed by atoms with Gasteiger partial charge in [-0.05, 0) is 31.5 Å². The van der Waals surface area contributed by atoms with E-state index in [-0.39, 0.29) is 4.90 Å². The molecule has 7 nitrogen and oxygen atoms in total. The van der Waals surface area contributed by atoms with Crippen LogP contribution in [0.1, 0.15) is 29.9 Å². The van der Waals surface area contributed by atoms with Crippen molar-refractivity contribution in [3.8, 4) is 6.07 Å². The Morgan fingerprint density at radius 3 is 2.71 bits per heavy atom. The van der Waals surface area contributed by atoms with Crippen LogP contribution < -0.4 is 4.72 Å². The van der Waals surface area contributed by atoms with E-state index in [9.17, 15) is 8.42 Å². The van der Waals surface area contributed by atoms with Crippen LogP contribution in [0.4, 0.5) is 0 Å². The van der Waals surface area contributed by atoms with Crippen molar-refractivity contribution in [2.24, 2.45) is 7.05 Å². The fraction of sp³-hybridized carbons (Fsp3) is 0.308. The molecule has 0 aliphatic carbocycles. The predicted octanol–water partition coefficient (Wildman–Crippen LogP) is 1.03. The van der Waals surface area contributed by atoms with Crippen LogP contribution in [0.3, 0.4) is 0 Å². The van der Waals surface area contributed by atoms with Crippen LogP contribution in [0.15, 0.2) is 29.4 Å². The van der Waals surface area contributed by atoms with Crippen molar-refractivity contribution in [1.82, 2.24) is 19.5 Å². The van der Waals surface area contributed by atoms with Crippen LogP contribution in [0, 0.1) is 18.3 Å². The molecule has 1 N–H and O–H groups in total. The van der Waals surface area contributed by atoms with Crippen LogP contribution >= 0.6 is 0 Å². The number of benzene rings is 1. The average Bonchev–Trinajstić information content (AvgIpc) is 2.85. The second kappa shape index (κ2) is 5.63. The molecule has 8 heteroatoms. The minimum atomic E-state index is -3.75. The number of aromatic nitrogens is 3. The fourth-order valence-corrected chi connectivity index (χ4v) is 3.46. The van der Waals surface area contributed by atoms with Gasteiger partial charge in [0.15, 0.2) is 0 Å². The molecule has 0 radical (unpaired) electrons. The maximum absolute atomic E-state index is 12.5. The summed E-state index contributed by atoms with van der Waals surface area (Å²) < 4.78 is 29.1. The molecule has 0 aliphatic rings. The summed E-state index contributed by atoms with van der Waals surface area (Å²) in [6.45, 7) is 3.37. The molecule has 1 unspecified atom stereocenters. The van der Waals surface area contributed by atoms with Crippen LogP contribution in [-0.2, 0) is 17.1 Å². The molecule has 0 fully saturated rings. The van der Waals surface area contributed by atoms with E-state index in [2.05, 4.69) is 14.9 Å².